The van der Waals surface area contributed by atoms with Crippen molar-refractivity contribution in [3.8, 4) is 16.9 Å². The molecular weight excluding hydrogens is 222 g/mol. The van der Waals surface area contributed by atoms with Crippen molar-refractivity contribution in [2.75, 3.05) is 7.11 Å². The molecule has 0 radical (unpaired) electrons. The molecule has 2 heteroatoms. The molecule has 0 fully saturated rings. The topological polar surface area (TPSA) is 35.2 Å². The van der Waals surface area contributed by atoms with Gasteiger partial charge in [0.05, 0.1) is 7.11 Å². The number of aryl methyl sites for hydroxylation is 2. The summed E-state index contributed by atoms with van der Waals surface area (Å²) in [7, 11) is 1.68. The summed E-state index contributed by atoms with van der Waals surface area (Å²) in [5, 5.41) is 0. The summed E-state index contributed by atoms with van der Waals surface area (Å²) in [6, 6.07) is 12.5. The quantitative estimate of drug-likeness (QED) is 0.893. The predicted octanol–water partition coefficient (Wildman–Crippen LogP) is 3.44. The Balaban J connectivity index is 2.44. The predicted molar refractivity (Wildman–Crippen MR) is 75.8 cm³/mol. The van der Waals surface area contributed by atoms with Crippen molar-refractivity contribution in [2.24, 2.45) is 5.73 Å². The molecule has 2 aromatic rings. The zero-order chi connectivity index (χ0) is 13.1. The summed E-state index contributed by atoms with van der Waals surface area (Å²) >= 11 is 0. The minimum atomic E-state index is 0.598. The van der Waals surface area contributed by atoms with E-state index >= 15 is 0 Å². The Morgan fingerprint density at radius 1 is 0.944 bits per heavy atom. The van der Waals surface area contributed by atoms with Crippen LogP contribution >= 0.6 is 0 Å². The van der Waals surface area contributed by atoms with Crippen LogP contribution in [0.15, 0.2) is 36.4 Å². The van der Waals surface area contributed by atoms with Crippen molar-refractivity contribution >= 4 is 0 Å². The van der Waals surface area contributed by atoms with E-state index in [1.807, 2.05) is 12.1 Å². The number of ether oxygens (including phenoxy) is 1. The summed E-state index contributed by atoms with van der Waals surface area (Å²) < 4.78 is 5.17. The Bertz CT molecular complexity index is 521. The van der Waals surface area contributed by atoms with Gasteiger partial charge in [0.15, 0.2) is 0 Å². The molecule has 2 aromatic carbocycles. The van der Waals surface area contributed by atoms with Crippen molar-refractivity contribution in [1.82, 2.24) is 0 Å². The lowest BCUT2D eigenvalue weighted by Crippen LogP contribution is -2.02. The van der Waals surface area contributed by atoms with E-state index in [4.69, 9.17) is 10.5 Å². The maximum Gasteiger partial charge on any atom is 0.118 e. The fourth-order valence-corrected chi connectivity index (χ4v) is 2.27. The van der Waals surface area contributed by atoms with Crippen LogP contribution in [0, 0.1) is 13.8 Å². The van der Waals surface area contributed by atoms with Gasteiger partial charge in [-0.3, -0.25) is 0 Å². The highest BCUT2D eigenvalue weighted by Crippen LogP contribution is 2.26. The molecule has 0 atom stereocenters. The van der Waals surface area contributed by atoms with Crippen LogP contribution in [0.3, 0.4) is 0 Å². The van der Waals surface area contributed by atoms with Gasteiger partial charge in [0.25, 0.3) is 0 Å². The number of hydrogen-bond donors (Lipinski definition) is 1. The average molecular weight is 241 g/mol. The van der Waals surface area contributed by atoms with Crippen LogP contribution < -0.4 is 10.5 Å². The zero-order valence-electron chi connectivity index (χ0n) is 11.2. The Labute approximate surface area is 108 Å². The molecule has 0 saturated carbocycles. The second-order valence-corrected chi connectivity index (χ2v) is 4.52. The molecule has 0 amide bonds. The van der Waals surface area contributed by atoms with E-state index in [1.165, 1.54) is 27.8 Å². The van der Waals surface area contributed by atoms with Gasteiger partial charge in [0, 0.05) is 6.54 Å². The third kappa shape index (κ3) is 2.39. The Morgan fingerprint density at radius 3 is 1.94 bits per heavy atom. The second-order valence-electron chi connectivity index (χ2n) is 4.52. The van der Waals surface area contributed by atoms with Crippen molar-refractivity contribution in [2.45, 2.75) is 20.4 Å². The molecule has 0 heterocycles. The molecule has 0 bridgehead atoms. The number of hydrogen-bond acceptors (Lipinski definition) is 2. The van der Waals surface area contributed by atoms with Gasteiger partial charge in [-0.05, 0) is 53.8 Å². The lowest BCUT2D eigenvalue weighted by Gasteiger charge is -2.11. The molecule has 0 aliphatic heterocycles. The van der Waals surface area contributed by atoms with Crippen LogP contribution in [0.2, 0.25) is 0 Å². The Kier molecular flexibility index (Phi) is 3.68. The minimum Gasteiger partial charge on any atom is -0.497 e. The fraction of sp³-hybridized carbons (Fsp3) is 0.250. The van der Waals surface area contributed by atoms with E-state index in [2.05, 4.69) is 38.1 Å². The first-order chi connectivity index (χ1) is 8.65. The largest absolute Gasteiger partial charge is 0.497 e. The van der Waals surface area contributed by atoms with Crippen LogP contribution in [-0.4, -0.2) is 7.11 Å². The number of rotatable bonds is 3. The Hall–Kier alpha value is -1.80. The van der Waals surface area contributed by atoms with Crippen molar-refractivity contribution < 1.29 is 4.74 Å². The van der Waals surface area contributed by atoms with Crippen molar-refractivity contribution in [1.29, 1.82) is 0 Å². The molecule has 0 aromatic heterocycles. The summed E-state index contributed by atoms with van der Waals surface area (Å²) in [5.41, 5.74) is 11.9. The zero-order valence-corrected chi connectivity index (χ0v) is 11.2. The summed E-state index contributed by atoms with van der Waals surface area (Å²) in [4.78, 5) is 0. The lowest BCUT2D eigenvalue weighted by molar-refractivity contribution is 0.415. The fourth-order valence-electron chi connectivity index (χ4n) is 2.27. The average Bonchev–Trinajstić information content (AvgIpc) is 2.38. The summed E-state index contributed by atoms with van der Waals surface area (Å²) in [5.74, 6) is 0.880. The molecule has 2 N–H and O–H groups in total. The lowest BCUT2D eigenvalue weighted by atomic mass is 9.95. The molecular formula is C16H19NO. The van der Waals surface area contributed by atoms with Crippen molar-refractivity contribution in [3.63, 3.8) is 0 Å². The van der Waals surface area contributed by atoms with Gasteiger partial charge in [-0.1, -0.05) is 24.3 Å². The number of methoxy groups -OCH3 is 1. The highest BCUT2D eigenvalue weighted by Gasteiger charge is 2.05. The first-order valence-corrected chi connectivity index (χ1v) is 6.10. The molecule has 0 spiro atoms. The molecule has 2 nitrogen and oxygen atoms in total. The minimum absolute atomic E-state index is 0.598. The van der Waals surface area contributed by atoms with Gasteiger partial charge in [-0.2, -0.15) is 0 Å². The molecule has 2 rings (SSSR count). The van der Waals surface area contributed by atoms with Gasteiger partial charge in [0.2, 0.25) is 0 Å². The maximum atomic E-state index is 5.76. The van der Waals surface area contributed by atoms with E-state index in [1.54, 1.807) is 7.11 Å². The molecule has 18 heavy (non-hydrogen) atoms. The molecule has 94 valence electrons. The van der Waals surface area contributed by atoms with Crippen LogP contribution in [0.1, 0.15) is 16.7 Å². The van der Waals surface area contributed by atoms with Gasteiger partial charge in [-0.25, -0.2) is 0 Å². The smallest absolute Gasteiger partial charge is 0.118 e. The molecule has 0 saturated heterocycles. The van der Waals surface area contributed by atoms with Crippen LogP contribution in [0.5, 0.6) is 5.75 Å². The van der Waals surface area contributed by atoms with Crippen LogP contribution in [0.25, 0.3) is 11.1 Å². The molecule has 0 aliphatic rings. The highest BCUT2D eigenvalue weighted by atomic mass is 16.5. The third-order valence-corrected chi connectivity index (χ3v) is 3.32. The Morgan fingerprint density at radius 2 is 1.50 bits per heavy atom. The third-order valence-electron chi connectivity index (χ3n) is 3.32. The molecule has 0 aliphatic carbocycles. The first kappa shape index (κ1) is 12.7. The van der Waals surface area contributed by atoms with E-state index < -0.39 is 0 Å². The van der Waals surface area contributed by atoms with E-state index in [-0.39, 0.29) is 0 Å². The second kappa shape index (κ2) is 5.23. The molecule has 0 unspecified atom stereocenters. The first-order valence-electron chi connectivity index (χ1n) is 6.10. The highest BCUT2D eigenvalue weighted by molar-refractivity contribution is 5.67. The van der Waals surface area contributed by atoms with Gasteiger partial charge < -0.3 is 10.5 Å². The van der Waals surface area contributed by atoms with Gasteiger partial charge in [0.1, 0.15) is 5.75 Å². The summed E-state index contributed by atoms with van der Waals surface area (Å²) in [6.07, 6.45) is 0. The maximum absolute atomic E-state index is 5.76. The van der Waals surface area contributed by atoms with Gasteiger partial charge in [-0.15, -0.1) is 0 Å². The van der Waals surface area contributed by atoms with Crippen LogP contribution in [-0.2, 0) is 6.54 Å². The van der Waals surface area contributed by atoms with E-state index in [0.717, 1.165) is 5.75 Å². The monoisotopic (exact) mass is 241 g/mol. The summed E-state index contributed by atoms with van der Waals surface area (Å²) in [6.45, 7) is 4.82. The number of nitrogens with two attached hydrogens (primary N) is 1. The standard InChI is InChI=1S/C16H19NO/c1-11-8-14(9-12(2)16(11)10-17)13-4-6-15(18-3)7-5-13/h4-9H,10,17H2,1-3H3. The van der Waals surface area contributed by atoms with Gasteiger partial charge >= 0.3 is 0 Å². The van der Waals surface area contributed by atoms with Crippen LogP contribution in [0.4, 0.5) is 0 Å². The number of benzene rings is 2. The van der Waals surface area contributed by atoms with E-state index in [0.29, 0.717) is 6.54 Å². The van der Waals surface area contributed by atoms with Crippen molar-refractivity contribution in [3.05, 3.63) is 53.1 Å². The normalized spacial score (nSPS) is 10.4. The SMILES string of the molecule is COc1ccc(-c2cc(C)c(CN)c(C)c2)cc1. The van der Waals surface area contributed by atoms with E-state index in [9.17, 15) is 0 Å².